The summed E-state index contributed by atoms with van der Waals surface area (Å²) in [4.78, 5) is 4.49. The van der Waals surface area contributed by atoms with Gasteiger partial charge in [0.2, 0.25) is 0 Å². The number of aryl methyl sites for hydroxylation is 1. The summed E-state index contributed by atoms with van der Waals surface area (Å²) in [5, 5.41) is 21.2. The molecule has 0 saturated carbocycles. The number of nitriles is 1. The third kappa shape index (κ3) is 2.72. The van der Waals surface area contributed by atoms with E-state index in [0.29, 0.717) is 5.56 Å². The molecule has 0 amide bonds. The number of hydrogen-bond donors (Lipinski definition) is 1. The smallest absolute Gasteiger partial charge is 0.141 e. The van der Waals surface area contributed by atoms with Crippen molar-refractivity contribution in [2.45, 2.75) is 25.4 Å². The van der Waals surface area contributed by atoms with Gasteiger partial charge in [-0.25, -0.2) is 0 Å². The van der Waals surface area contributed by atoms with Crippen molar-refractivity contribution in [2.75, 3.05) is 0 Å². The summed E-state index contributed by atoms with van der Waals surface area (Å²) < 4.78 is 11.2. The van der Waals surface area contributed by atoms with Gasteiger partial charge < -0.3 is 9.26 Å². The lowest BCUT2D eigenvalue weighted by Gasteiger charge is -2.25. The SMILES string of the molecule is N#Cc1cnc2c(c1)CCCC2Oc1ccc2[nH]nc(-c3cnoc3)c2c1. The molecule has 4 aromatic rings. The molecule has 1 unspecified atom stereocenters. The number of aromatic amines is 1. The van der Waals surface area contributed by atoms with Gasteiger partial charge in [-0.15, -0.1) is 0 Å². The fourth-order valence-electron chi connectivity index (χ4n) is 3.57. The van der Waals surface area contributed by atoms with Crippen LogP contribution >= 0.6 is 0 Å². The molecule has 1 aromatic carbocycles. The van der Waals surface area contributed by atoms with Crippen LogP contribution in [-0.4, -0.2) is 20.3 Å². The monoisotopic (exact) mass is 357 g/mol. The van der Waals surface area contributed by atoms with Crippen LogP contribution in [0, 0.1) is 11.3 Å². The Hall–Kier alpha value is -3.66. The van der Waals surface area contributed by atoms with Crippen molar-refractivity contribution >= 4 is 10.9 Å². The molecule has 1 aliphatic rings. The number of benzene rings is 1. The van der Waals surface area contributed by atoms with Gasteiger partial charge in [-0.05, 0) is 49.1 Å². The molecule has 5 rings (SSSR count). The highest BCUT2D eigenvalue weighted by Crippen LogP contribution is 2.35. The number of nitrogens with zero attached hydrogens (tertiary/aromatic N) is 4. The number of pyridine rings is 1. The van der Waals surface area contributed by atoms with E-state index in [1.54, 1.807) is 18.7 Å². The standard InChI is InChI=1S/C20H15N5O2/c21-8-12-6-13-2-1-3-18(20(13)22-9-12)27-15-4-5-17-16(7-15)19(25-24-17)14-10-23-26-11-14/h4-7,9-11,18H,1-3H2,(H,24,25). The van der Waals surface area contributed by atoms with E-state index in [2.05, 4.69) is 26.4 Å². The lowest BCUT2D eigenvalue weighted by atomic mass is 9.93. The van der Waals surface area contributed by atoms with E-state index in [-0.39, 0.29) is 6.10 Å². The predicted molar refractivity (Wildman–Crippen MR) is 96.8 cm³/mol. The lowest BCUT2D eigenvalue weighted by molar-refractivity contribution is 0.178. The first kappa shape index (κ1) is 15.6. The first-order chi connectivity index (χ1) is 13.3. The molecular formula is C20H15N5O2. The predicted octanol–water partition coefficient (Wildman–Crippen LogP) is 3.94. The molecular weight excluding hydrogens is 342 g/mol. The number of H-pyrrole nitrogens is 1. The molecule has 0 spiro atoms. The van der Waals surface area contributed by atoms with E-state index in [9.17, 15) is 0 Å². The Morgan fingerprint density at radius 1 is 1.26 bits per heavy atom. The molecule has 7 heteroatoms. The van der Waals surface area contributed by atoms with Crippen LogP contribution in [-0.2, 0) is 6.42 Å². The second-order valence-corrected chi connectivity index (χ2v) is 6.57. The number of ether oxygens (including phenoxy) is 1. The zero-order chi connectivity index (χ0) is 18.2. The minimum Gasteiger partial charge on any atom is -0.484 e. The van der Waals surface area contributed by atoms with E-state index in [4.69, 9.17) is 14.5 Å². The largest absolute Gasteiger partial charge is 0.484 e. The highest BCUT2D eigenvalue weighted by atomic mass is 16.5. The second-order valence-electron chi connectivity index (χ2n) is 6.57. The summed E-state index contributed by atoms with van der Waals surface area (Å²) in [6.07, 6.45) is 7.53. The summed E-state index contributed by atoms with van der Waals surface area (Å²) in [6.45, 7) is 0. The van der Waals surface area contributed by atoms with Gasteiger partial charge in [0, 0.05) is 11.6 Å². The topological polar surface area (TPSA) is 101 Å². The van der Waals surface area contributed by atoms with Crippen LogP contribution in [0.4, 0.5) is 0 Å². The summed E-state index contributed by atoms with van der Waals surface area (Å²) in [7, 11) is 0. The molecule has 3 heterocycles. The maximum absolute atomic E-state index is 9.08. The van der Waals surface area contributed by atoms with E-state index in [1.165, 1.54) is 0 Å². The zero-order valence-corrected chi connectivity index (χ0v) is 14.3. The van der Waals surface area contributed by atoms with Crippen molar-refractivity contribution in [3.8, 4) is 23.1 Å². The third-order valence-corrected chi connectivity index (χ3v) is 4.87. The Morgan fingerprint density at radius 3 is 3.07 bits per heavy atom. The van der Waals surface area contributed by atoms with Crippen molar-refractivity contribution in [3.63, 3.8) is 0 Å². The highest BCUT2D eigenvalue weighted by Gasteiger charge is 2.24. The molecule has 1 aliphatic carbocycles. The molecule has 0 fully saturated rings. The molecule has 27 heavy (non-hydrogen) atoms. The van der Waals surface area contributed by atoms with Crippen LogP contribution in [0.3, 0.4) is 0 Å². The van der Waals surface area contributed by atoms with Crippen LogP contribution in [0.25, 0.3) is 22.2 Å². The molecule has 132 valence electrons. The normalized spacial score (nSPS) is 16.0. The van der Waals surface area contributed by atoms with Gasteiger partial charge >= 0.3 is 0 Å². The van der Waals surface area contributed by atoms with Crippen molar-refractivity contribution < 1.29 is 9.26 Å². The highest BCUT2D eigenvalue weighted by molar-refractivity contribution is 5.93. The van der Waals surface area contributed by atoms with Gasteiger partial charge in [-0.3, -0.25) is 10.1 Å². The minimum atomic E-state index is -0.120. The quantitative estimate of drug-likeness (QED) is 0.596. The van der Waals surface area contributed by atoms with E-state index in [0.717, 1.165) is 58.4 Å². The van der Waals surface area contributed by atoms with Crippen LogP contribution in [0.15, 0.2) is 47.4 Å². The maximum Gasteiger partial charge on any atom is 0.141 e. The van der Waals surface area contributed by atoms with Gasteiger partial charge in [-0.2, -0.15) is 10.4 Å². The van der Waals surface area contributed by atoms with Crippen LogP contribution < -0.4 is 4.74 Å². The zero-order valence-electron chi connectivity index (χ0n) is 14.3. The fraction of sp³-hybridized carbons (Fsp3) is 0.200. The Morgan fingerprint density at radius 2 is 2.22 bits per heavy atom. The van der Waals surface area contributed by atoms with Crippen molar-refractivity contribution in [1.29, 1.82) is 5.26 Å². The summed E-state index contributed by atoms with van der Waals surface area (Å²) in [5.74, 6) is 0.755. The molecule has 0 bridgehead atoms. The van der Waals surface area contributed by atoms with E-state index in [1.807, 2.05) is 24.3 Å². The Labute approximate surface area is 154 Å². The van der Waals surface area contributed by atoms with Gasteiger partial charge in [0.05, 0.1) is 28.5 Å². The third-order valence-electron chi connectivity index (χ3n) is 4.87. The Bertz CT molecular complexity index is 1160. The summed E-state index contributed by atoms with van der Waals surface area (Å²) in [6, 6.07) is 9.92. The Kier molecular flexibility index (Phi) is 3.61. The molecule has 0 aliphatic heterocycles. The van der Waals surface area contributed by atoms with Gasteiger partial charge in [0.1, 0.15) is 29.9 Å². The molecule has 0 radical (unpaired) electrons. The van der Waals surface area contributed by atoms with Crippen LogP contribution in [0.5, 0.6) is 5.75 Å². The number of rotatable bonds is 3. The molecule has 1 N–H and O–H groups in total. The van der Waals surface area contributed by atoms with Gasteiger partial charge in [-0.1, -0.05) is 5.16 Å². The summed E-state index contributed by atoms with van der Waals surface area (Å²) >= 11 is 0. The van der Waals surface area contributed by atoms with Crippen LogP contribution in [0.1, 0.15) is 35.8 Å². The van der Waals surface area contributed by atoms with E-state index < -0.39 is 0 Å². The second kappa shape index (κ2) is 6.25. The number of fused-ring (bicyclic) bond motifs is 2. The summed E-state index contributed by atoms with van der Waals surface area (Å²) in [5.41, 5.74) is 5.11. The van der Waals surface area contributed by atoms with Crippen molar-refractivity contribution in [1.82, 2.24) is 20.3 Å². The molecule has 0 saturated heterocycles. The van der Waals surface area contributed by atoms with E-state index >= 15 is 0 Å². The van der Waals surface area contributed by atoms with Crippen molar-refractivity contribution in [3.05, 3.63) is 59.7 Å². The first-order valence-electron chi connectivity index (χ1n) is 8.75. The fourth-order valence-corrected chi connectivity index (χ4v) is 3.57. The maximum atomic E-state index is 9.08. The van der Waals surface area contributed by atoms with Crippen molar-refractivity contribution in [2.24, 2.45) is 0 Å². The number of aromatic nitrogens is 4. The van der Waals surface area contributed by atoms with Crippen LogP contribution in [0.2, 0.25) is 0 Å². The number of hydrogen-bond acceptors (Lipinski definition) is 6. The number of nitrogens with one attached hydrogen (secondary N) is 1. The Balaban J connectivity index is 1.49. The average Bonchev–Trinajstić information content (AvgIpc) is 3.37. The van der Waals surface area contributed by atoms with Gasteiger partial charge in [0.25, 0.3) is 0 Å². The molecule has 7 nitrogen and oxygen atoms in total. The molecule has 1 atom stereocenters. The molecule has 3 aromatic heterocycles. The van der Waals surface area contributed by atoms with Gasteiger partial charge in [0.15, 0.2) is 0 Å². The minimum absolute atomic E-state index is 0.120. The first-order valence-corrected chi connectivity index (χ1v) is 8.75. The average molecular weight is 357 g/mol. The lowest BCUT2D eigenvalue weighted by Crippen LogP contribution is -2.17.